The quantitative estimate of drug-likeness (QED) is 0.281. The molecule has 3 aromatic carbocycles. The zero-order valence-corrected chi connectivity index (χ0v) is 26.1. The molecule has 220 valence electrons. The summed E-state index contributed by atoms with van der Waals surface area (Å²) in [6.07, 6.45) is 0. The van der Waals surface area contributed by atoms with Gasteiger partial charge in [0.2, 0.25) is 11.8 Å². The van der Waals surface area contributed by atoms with Gasteiger partial charge in [-0.2, -0.15) is 0 Å². The second-order valence-corrected chi connectivity index (χ2v) is 12.8. The fraction of sp³-hybridized carbons (Fsp3) is 0.333. The van der Waals surface area contributed by atoms with E-state index in [4.69, 9.17) is 27.9 Å². The molecule has 0 aliphatic rings. The Kier molecular flexibility index (Phi) is 11.1. The van der Waals surface area contributed by atoms with Gasteiger partial charge in [-0.05, 0) is 67.8 Å². The lowest BCUT2D eigenvalue weighted by atomic mass is 10.1. The second-order valence-electron chi connectivity index (χ2n) is 10.1. The van der Waals surface area contributed by atoms with Gasteiger partial charge in [-0.15, -0.1) is 0 Å². The summed E-state index contributed by atoms with van der Waals surface area (Å²) in [5.41, 5.74) is 1.78. The molecular formula is C30H35Cl2N3O5S. The van der Waals surface area contributed by atoms with Crippen molar-refractivity contribution in [3.63, 3.8) is 0 Å². The van der Waals surface area contributed by atoms with Crippen molar-refractivity contribution in [2.75, 3.05) is 24.5 Å². The topological polar surface area (TPSA) is 96.0 Å². The maximum absolute atomic E-state index is 14.0. The van der Waals surface area contributed by atoms with Crippen LogP contribution in [0.5, 0.6) is 5.75 Å². The highest BCUT2D eigenvalue weighted by Gasteiger charge is 2.32. The maximum atomic E-state index is 14.0. The molecule has 11 heteroatoms. The fourth-order valence-corrected chi connectivity index (χ4v) is 5.67. The van der Waals surface area contributed by atoms with E-state index < -0.39 is 28.5 Å². The molecule has 3 aromatic rings. The Bertz CT molecular complexity index is 1460. The van der Waals surface area contributed by atoms with Crippen molar-refractivity contribution in [2.24, 2.45) is 5.92 Å². The molecule has 0 fully saturated rings. The van der Waals surface area contributed by atoms with Gasteiger partial charge in [0.05, 0.1) is 27.7 Å². The third-order valence-corrected chi connectivity index (χ3v) is 8.97. The first kappa shape index (κ1) is 32.2. The van der Waals surface area contributed by atoms with E-state index in [1.807, 2.05) is 20.8 Å². The summed E-state index contributed by atoms with van der Waals surface area (Å²) in [7, 11) is -2.66. The monoisotopic (exact) mass is 619 g/mol. The van der Waals surface area contributed by atoms with Crippen LogP contribution in [0.3, 0.4) is 0 Å². The third-order valence-electron chi connectivity index (χ3n) is 6.44. The van der Waals surface area contributed by atoms with E-state index >= 15 is 0 Å². The molecule has 0 aliphatic heterocycles. The highest BCUT2D eigenvalue weighted by Crippen LogP contribution is 2.31. The second kappa shape index (κ2) is 14.1. The summed E-state index contributed by atoms with van der Waals surface area (Å²) in [5, 5.41) is 3.24. The number of nitrogens with zero attached hydrogens (tertiary/aromatic N) is 2. The van der Waals surface area contributed by atoms with Crippen LogP contribution in [0.1, 0.15) is 31.9 Å². The Morgan fingerprint density at radius 1 is 0.927 bits per heavy atom. The number of carbonyl (C=O) groups excluding carboxylic acids is 2. The largest absolute Gasteiger partial charge is 0.497 e. The first-order valence-corrected chi connectivity index (χ1v) is 15.3. The Morgan fingerprint density at radius 3 is 2.12 bits per heavy atom. The van der Waals surface area contributed by atoms with Gasteiger partial charge >= 0.3 is 0 Å². The number of benzene rings is 3. The van der Waals surface area contributed by atoms with Crippen LogP contribution < -0.4 is 14.4 Å². The average molecular weight is 621 g/mol. The number of nitrogens with one attached hydrogen (secondary N) is 1. The molecule has 3 rings (SSSR count). The standard InChI is InChI=1S/C30H35Cl2N3O5S/c1-20(2)17-33-30(37)22(4)34(18-23-8-11-25(40-5)12-9-23)29(36)19-35(24-10-15-27(31)28(32)16-24)41(38,39)26-13-6-21(3)7-14-26/h6-16,20,22H,17-19H2,1-5H3,(H,33,37). The van der Waals surface area contributed by atoms with E-state index in [1.54, 1.807) is 50.4 Å². The molecule has 0 saturated carbocycles. The van der Waals surface area contributed by atoms with E-state index in [-0.39, 0.29) is 39.0 Å². The van der Waals surface area contributed by atoms with Gasteiger partial charge in [0.1, 0.15) is 18.3 Å². The Labute approximate surface area is 252 Å². The number of hydrogen-bond donors (Lipinski definition) is 1. The Morgan fingerprint density at radius 2 is 1.56 bits per heavy atom. The number of hydrogen-bond acceptors (Lipinski definition) is 5. The van der Waals surface area contributed by atoms with Gasteiger partial charge < -0.3 is 15.0 Å². The number of anilines is 1. The predicted octanol–water partition coefficient (Wildman–Crippen LogP) is 5.70. The summed E-state index contributed by atoms with van der Waals surface area (Å²) in [6, 6.07) is 16.9. The summed E-state index contributed by atoms with van der Waals surface area (Å²) in [4.78, 5) is 28.4. The van der Waals surface area contributed by atoms with Crippen LogP contribution in [0.15, 0.2) is 71.6 Å². The number of halogens is 2. The predicted molar refractivity (Wildman–Crippen MR) is 163 cm³/mol. The minimum Gasteiger partial charge on any atom is -0.497 e. The van der Waals surface area contributed by atoms with E-state index in [0.717, 1.165) is 15.4 Å². The van der Waals surface area contributed by atoms with Crippen LogP contribution in [-0.2, 0) is 26.2 Å². The molecule has 2 amide bonds. The molecular weight excluding hydrogens is 585 g/mol. The maximum Gasteiger partial charge on any atom is 0.264 e. The number of amides is 2. The molecule has 0 aromatic heterocycles. The minimum absolute atomic E-state index is 0.00593. The van der Waals surface area contributed by atoms with Crippen LogP contribution in [0, 0.1) is 12.8 Å². The smallest absolute Gasteiger partial charge is 0.264 e. The van der Waals surface area contributed by atoms with Crippen molar-refractivity contribution in [3.05, 3.63) is 87.9 Å². The summed E-state index contributed by atoms with van der Waals surface area (Å²) < 4.78 is 34.0. The van der Waals surface area contributed by atoms with Crippen LogP contribution in [0.4, 0.5) is 5.69 Å². The number of rotatable bonds is 12. The van der Waals surface area contributed by atoms with Gasteiger partial charge in [-0.25, -0.2) is 8.42 Å². The lowest BCUT2D eigenvalue weighted by molar-refractivity contribution is -0.139. The van der Waals surface area contributed by atoms with Crippen molar-refractivity contribution >= 4 is 50.7 Å². The molecule has 1 atom stereocenters. The van der Waals surface area contributed by atoms with Crippen molar-refractivity contribution in [1.82, 2.24) is 10.2 Å². The molecule has 8 nitrogen and oxygen atoms in total. The Balaban J connectivity index is 2.03. The molecule has 0 saturated heterocycles. The number of ether oxygens (including phenoxy) is 1. The average Bonchev–Trinajstić information content (AvgIpc) is 2.94. The number of aryl methyl sites for hydroxylation is 1. The van der Waals surface area contributed by atoms with E-state index in [0.29, 0.717) is 12.3 Å². The number of sulfonamides is 1. The van der Waals surface area contributed by atoms with Gasteiger partial charge in [-0.3, -0.25) is 13.9 Å². The molecule has 41 heavy (non-hydrogen) atoms. The Hall–Kier alpha value is -3.27. The summed E-state index contributed by atoms with van der Waals surface area (Å²) in [5.74, 6) is -0.0659. The van der Waals surface area contributed by atoms with Gasteiger partial charge in [0.25, 0.3) is 10.0 Å². The highest BCUT2D eigenvalue weighted by atomic mass is 35.5. The lowest BCUT2D eigenvalue weighted by Crippen LogP contribution is -2.51. The molecule has 0 bridgehead atoms. The highest BCUT2D eigenvalue weighted by molar-refractivity contribution is 7.92. The summed E-state index contributed by atoms with van der Waals surface area (Å²) >= 11 is 12.3. The SMILES string of the molecule is COc1ccc(CN(C(=O)CN(c2ccc(Cl)c(Cl)c2)S(=O)(=O)c2ccc(C)cc2)C(C)C(=O)NCC(C)C)cc1. The van der Waals surface area contributed by atoms with E-state index in [1.165, 1.54) is 35.2 Å². The van der Waals surface area contributed by atoms with Gasteiger partial charge in [0.15, 0.2) is 0 Å². The molecule has 1 unspecified atom stereocenters. The molecule has 0 heterocycles. The first-order chi connectivity index (χ1) is 19.3. The van der Waals surface area contributed by atoms with E-state index in [2.05, 4.69) is 5.32 Å². The van der Waals surface area contributed by atoms with Gasteiger partial charge in [0, 0.05) is 13.1 Å². The third kappa shape index (κ3) is 8.38. The van der Waals surface area contributed by atoms with Crippen LogP contribution in [0.2, 0.25) is 10.0 Å². The first-order valence-electron chi connectivity index (χ1n) is 13.1. The molecule has 0 spiro atoms. The van der Waals surface area contributed by atoms with Crippen molar-refractivity contribution in [3.8, 4) is 5.75 Å². The zero-order chi connectivity index (χ0) is 30.3. The van der Waals surface area contributed by atoms with Crippen LogP contribution in [0.25, 0.3) is 0 Å². The molecule has 0 aliphatic carbocycles. The molecule has 1 N–H and O–H groups in total. The van der Waals surface area contributed by atoms with E-state index in [9.17, 15) is 18.0 Å². The number of methoxy groups -OCH3 is 1. The lowest BCUT2D eigenvalue weighted by Gasteiger charge is -2.32. The van der Waals surface area contributed by atoms with Crippen LogP contribution >= 0.6 is 23.2 Å². The number of carbonyl (C=O) groups is 2. The normalized spacial score (nSPS) is 12.1. The van der Waals surface area contributed by atoms with Crippen molar-refractivity contribution in [1.29, 1.82) is 0 Å². The van der Waals surface area contributed by atoms with Crippen LogP contribution in [-0.4, -0.2) is 51.4 Å². The van der Waals surface area contributed by atoms with Crippen molar-refractivity contribution < 1.29 is 22.7 Å². The van der Waals surface area contributed by atoms with Crippen molar-refractivity contribution in [2.45, 2.75) is 45.2 Å². The molecule has 0 radical (unpaired) electrons. The zero-order valence-electron chi connectivity index (χ0n) is 23.7. The fourth-order valence-electron chi connectivity index (χ4n) is 3.97. The summed E-state index contributed by atoms with van der Waals surface area (Å²) in [6.45, 7) is 7.33. The minimum atomic E-state index is -4.21. The van der Waals surface area contributed by atoms with Gasteiger partial charge in [-0.1, -0.05) is 66.9 Å².